The Bertz CT molecular complexity index is 620. The van der Waals surface area contributed by atoms with Gasteiger partial charge in [0, 0.05) is 5.56 Å². The Morgan fingerprint density at radius 3 is 2.05 bits per heavy atom. The molecular formula is C17H15FO. The minimum atomic E-state index is -0.727. The van der Waals surface area contributed by atoms with E-state index < -0.39 is 5.41 Å². The van der Waals surface area contributed by atoms with E-state index in [0.717, 1.165) is 11.1 Å². The van der Waals surface area contributed by atoms with Crippen LogP contribution in [0.5, 0.6) is 0 Å². The van der Waals surface area contributed by atoms with Crippen LogP contribution in [0.4, 0.5) is 4.39 Å². The highest BCUT2D eigenvalue weighted by Gasteiger charge is 2.44. The Morgan fingerprint density at radius 1 is 1.00 bits per heavy atom. The lowest BCUT2D eigenvalue weighted by molar-refractivity contribution is -0.122. The molecule has 0 saturated heterocycles. The molecule has 1 aliphatic carbocycles. The highest BCUT2D eigenvalue weighted by molar-refractivity contribution is 5.90. The van der Waals surface area contributed by atoms with Gasteiger partial charge in [0.05, 0.1) is 5.41 Å². The van der Waals surface area contributed by atoms with Crippen LogP contribution in [0.15, 0.2) is 48.5 Å². The highest BCUT2D eigenvalue weighted by Crippen LogP contribution is 2.41. The molecular weight excluding hydrogens is 239 g/mol. The van der Waals surface area contributed by atoms with E-state index in [-0.39, 0.29) is 11.6 Å². The molecule has 3 rings (SSSR count). The van der Waals surface area contributed by atoms with Crippen molar-refractivity contribution >= 4 is 5.78 Å². The summed E-state index contributed by atoms with van der Waals surface area (Å²) < 4.78 is 14.1. The minimum absolute atomic E-state index is 0.0359. The van der Waals surface area contributed by atoms with E-state index in [1.807, 2.05) is 24.3 Å². The summed E-state index contributed by atoms with van der Waals surface area (Å²) in [6.07, 6.45) is 1.19. The molecule has 2 aromatic rings. The van der Waals surface area contributed by atoms with Crippen molar-refractivity contribution in [1.82, 2.24) is 0 Å². The Morgan fingerprint density at radius 2 is 1.53 bits per heavy atom. The first kappa shape index (κ1) is 12.1. The molecule has 0 amide bonds. The zero-order chi connectivity index (χ0) is 13.5. The maximum atomic E-state index is 14.1. The van der Waals surface area contributed by atoms with Gasteiger partial charge >= 0.3 is 0 Å². The van der Waals surface area contributed by atoms with Gasteiger partial charge in [-0.15, -0.1) is 0 Å². The zero-order valence-corrected chi connectivity index (χ0v) is 10.8. The Balaban J connectivity index is 2.15. The summed E-state index contributed by atoms with van der Waals surface area (Å²) in [5.41, 5.74) is 2.11. The Kier molecular flexibility index (Phi) is 2.74. The first-order chi connectivity index (χ1) is 9.13. The molecule has 0 N–H and O–H groups in total. The molecule has 1 nitrogen and oxygen atoms in total. The van der Waals surface area contributed by atoms with Crippen LogP contribution in [0.2, 0.25) is 0 Å². The number of rotatable bonds is 2. The summed E-state index contributed by atoms with van der Waals surface area (Å²) in [4.78, 5) is 12.2. The van der Waals surface area contributed by atoms with E-state index in [2.05, 4.69) is 0 Å². The molecule has 19 heavy (non-hydrogen) atoms. The van der Waals surface area contributed by atoms with Crippen LogP contribution in [-0.2, 0) is 23.1 Å². The summed E-state index contributed by atoms with van der Waals surface area (Å²) in [7, 11) is 0. The van der Waals surface area contributed by atoms with Gasteiger partial charge in [0.15, 0.2) is 0 Å². The van der Waals surface area contributed by atoms with E-state index in [9.17, 15) is 9.18 Å². The SMILES string of the molecule is CC(=O)C1(c2ccccc2F)Cc2ccccc2C1. The quantitative estimate of drug-likeness (QED) is 0.802. The fourth-order valence-electron chi connectivity index (χ4n) is 3.09. The maximum absolute atomic E-state index is 14.1. The van der Waals surface area contributed by atoms with Crippen LogP contribution >= 0.6 is 0 Å². The largest absolute Gasteiger partial charge is 0.299 e. The lowest BCUT2D eigenvalue weighted by Crippen LogP contribution is -2.36. The number of ketones is 1. The third-order valence-corrected chi connectivity index (χ3v) is 4.17. The molecule has 96 valence electrons. The summed E-state index contributed by atoms with van der Waals surface area (Å²) in [6, 6.07) is 14.6. The van der Waals surface area contributed by atoms with Crippen molar-refractivity contribution in [2.75, 3.05) is 0 Å². The van der Waals surface area contributed by atoms with Crippen LogP contribution in [0.3, 0.4) is 0 Å². The third kappa shape index (κ3) is 1.79. The predicted octanol–water partition coefficient (Wildman–Crippen LogP) is 3.45. The van der Waals surface area contributed by atoms with Crippen molar-refractivity contribution in [3.05, 3.63) is 71.0 Å². The van der Waals surface area contributed by atoms with Gasteiger partial charge in [-0.05, 0) is 37.0 Å². The Labute approximate surface area is 112 Å². The van der Waals surface area contributed by atoms with E-state index in [4.69, 9.17) is 0 Å². The van der Waals surface area contributed by atoms with E-state index in [1.165, 1.54) is 6.07 Å². The Hall–Kier alpha value is -1.96. The number of halogens is 1. The second-order valence-electron chi connectivity index (χ2n) is 5.24. The van der Waals surface area contributed by atoms with Gasteiger partial charge in [0.1, 0.15) is 11.6 Å². The number of hydrogen-bond donors (Lipinski definition) is 0. The molecule has 0 unspecified atom stereocenters. The number of Topliss-reactive ketones (excluding diaryl/α,β-unsaturated/α-hetero) is 1. The van der Waals surface area contributed by atoms with Crippen molar-refractivity contribution < 1.29 is 9.18 Å². The van der Waals surface area contributed by atoms with Gasteiger partial charge in [-0.25, -0.2) is 4.39 Å². The molecule has 0 saturated carbocycles. The number of carbonyl (C=O) groups excluding carboxylic acids is 1. The second kappa shape index (κ2) is 4.30. The van der Waals surface area contributed by atoms with E-state index in [1.54, 1.807) is 25.1 Å². The summed E-state index contributed by atoms with van der Waals surface area (Å²) >= 11 is 0. The molecule has 0 aliphatic heterocycles. The van der Waals surface area contributed by atoms with Gasteiger partial charge in [-0.3, -0.25) is 4.79 Å². The molecule has 0 heterocycles. The average molecular weight is 254 g/mol. The van der Waals surface area contributed by atoms with Crippen molar-refractivity contribution in [3.8, 4) is 0 Å². The highest BCUT2D eigenvalue weighted by atomic mass is 19.1. The molecule has 0 aromatic heterocycles. The number of benzene rings is 2. The smallest absolute Gasteiger partial charge is 0.141 e. The molecule has 0 spiro atoms. The first-order valence-electron chi connectivity index (χ1n) is 6.46. The van der Waals surface area contributed by atoms with Gasteiger partial charge in [-0.1, -0.05) is 42.5 Å². The summed E-state index contributed by atoms with van der Waals surface area (Å²) in [5.74, 6) is -0.251. The van der Waals surface area contributed by atoms with Gasteiger partial charge in [0.2, 0.25) is 0 Å². The molecule has 2 heteroatoms. The third-order valence-electron chi connectivity index (χ3n) is 4.17. The van der Waals surface area contributed by atoms with Crippen molar-refractivity contribution in [2.24, 2.45) is 0 Å². The van der Waals surface area contributed by atoms with Crippen LogP contribution < -0.4 is 0 Å². The monoisotopic (exact) mass is 254 g/mol. The standard InChI is InChI=1S/C17H15FO/c1-12(19)17(15-8-4-5-9-16(15)18)10-13-6-2-3-7-14(13)11-17/h2-9H,10-11H2,1H3. The number of carbonyl (C=O) groups is 1. The van der Waals surface area contributed by atoms with Crippen LogP contribution in [0.1, 0.15) is 23.6 Å². The van der Waals surface area contributed by atoms with Crippen LogP contribution in [0, 0.1) is 5.82 Å². The van der Waals surface area contributed by atoms with Crippen molar-refractivity contribution in [1.29, 1.82) is 0 Å². The first-order valence-corrected chi connectivity index (χ1v) is 6.46. The lowest BCUT2D eigenvalue weighted by atomic mass is 9.74. The van der Waals surface area contributed by atoms with Crippen LogP contribution in [0.25, 0.3) is 0 Å². The van der Waals surface area contributed by atoms with Gasteiger partial charge in [-0.2, -0.15) is 0 Å². The average Bonchev–Trinajstić information content (AvgIpc) is 2.79. The topological polar surface area (TPSA) is 17.1 Å². The lowest BCUT2D eigenvalue weighted by Gasteiger charge is -2.27. The summed E-state index contributed by atoms with van der Waals surface area (Å²) in [6.45, 7) is 1.57. The minimum Gasteiger partial charge on any atom is -0.299 e. The van der Waals surface area contributed by atoms with Crippen LogP contribution in [-0.4, -0.2) is 5.78 Å². The number of fused-ring (bicyclic) bond motifs is 1. The van der Waals surface area contributed by atoms with Gasteiger partial charge in [0.25, 0.3) is 0 Å². The molecule has 0 radical (unpaired) electrons. The van der Waals surface area contributed by atoms with E-state index >= 15 is 0 Å². The van der Waals surface area contributed by atoms with Crippen molar-refractivity contribution in [3.63, 3.8) is 0 Å². The zero-order valence-electron chi connectivity index (χ0n) is 10.8. The predicted molar refractivity (Wildman–Crippen MR) is 72.6 cm³/mol. The van der Waals surface area contributed by atoms with Crippen molar-refractivity contribution in [2.45, 2.75) is 25.2 Å². The second-order valence-corrected chi connectivity index (χ2v) is 5.24. The fourth-order valence-corrected chi connectivity index (χ4v) is 3.09. The molecule has 0 atom stereocenters. The molecule has 2 aromatic carbocycles. The number of hydrogen-bond acceptors (Lipinski definition) is 1. The molecule has 0 fully saturated rings. The maximum Gasteiger partial charge on any atom is 0.141 e. The molecule has 1 aliphatic rings. The normalized spacial score (nSPS) is 16.1. The summed E-state index contributed by atoms with van der Waals surface area (Å²) in [5, 5.41) is 0. The van der Waals surface area contributed by atoms with Gasteiger partial charge < -0.3 is 0 Å². The van der Waals surface area contributed by atoms with E-state index in [0.29, 0.717) is 18.4 Å². The fraction of sp³-hybridized carbons (Fsp3) is 0.235. The molecule has 0 bridgehead atoms.